The van der Waals surface area contributed by atoms with Crippen LogP contribution in [0.4, 0.5) is 0 Å². The second kappa shape index (κ2) is 5.69. The highest BCUT2D eigenvalue weighted by Crippen LogP contribution is 2.35. The van der Waals surface area contributed by atoms with Gasteiger partial charge in [-0.05, 0) is 28.0 Å². The number of carbonyl (C=O) groups excluding carboxylic acids is 1. The van der Waals surface area contributed by atoms with Crippen LogP contribution in [0.15, 0.2) is 41.3 Å². The maximum absolute atomic E-state index is 10.9. The molecule has 20 heavy (non-hydrogen) atoms. The summed E-state index contributed by atoms with van der Waals surface area (Å²) >= 11 is 1.84. The van der Waals surface area contributed by atoms with Crippen LogP contribution in [0.5, 0.6) is 0 Å². The Morgan fingerprint density at radius 1 is 1.35 bits per heavy atom. The number of benzene rings is 2. The number of hydrogen-bond donors (Lipinski definition) is 1. The van der Waals surface area contributed by atoms with Crippen LogP contribution < -0.4 is 5.48 Å². The third kappa shape index (κ3) is 2.57. The summed E-state index contributed by atoms with van der Waals surface area (Å²) in [6.07, 6.45) is 4.36. The van der Waals surface area contributed by atoms with Crippen LogP contribution in [0.2, 0.25) is 0 Å². The van der Waals surface area contributed by atoms with Crippen LogP contribution in [0.3, 0.4) is 0 Å². The highest BCUT2D eigenvalue weighted by Gasteiger charge is 2.12. The molecule has 1 heterocycles. The molecule has 0 spiro atoms. The van der Waals surface area contributed by atoms with Gasteiger partial charge in [0.2, 0.25) is 5.91 Å². The summed E-state index contributed by atoms with van der Waals surface area (Å²) in [5.74, 6) is 0.825. The first-order valence-electron chi connectivity index (χ1n) is 6.48. The predicted octanol–water partition coefficient (Wildman–Crippen LogP) is 3.53. The lowest BCUT2D eigenvalue weighted by Gasteiger charge is -2.15. The SMILES string of the molecule is CC(=O)NOCc1cccc2ccc3c(c12)C=CCS3. The summed E-state index contributed by atoms with van der Waals surface area (Å²) in [7, 11) is 0. The van der Waals surface area contributed by atoms with Gasteiger partial charge in [0, 0.05) is 17.6 Å². The van der Waals surface area contributed by atoms with Crippen molar-refractivity contribution < 1.29 is 9.63 Å². The molecule has 0 unspecified atom stereocenters. The molecule has 0 radical (unpaired) electrons. The van der Waals surface area contributed by atoms with Gasteiger partial charge in [-0.2, -0.15) is 0 Å². The number of rotatable bonds is 3. The van der Waals surface area contributed by atoms with Gasteiger partial charge >= 0.3 is 0 Å². The van der Waals surface area contributed by atoms with Gasteiger partial charge in [0.1, 0.15) is 6.61 Å². The molecule has 0 aliphatic carbocycles. The van der Waals surface area contributed by atoms with Gasteiger partial charge in [-0.1, -0.05) is 36.4 Å². The molecule has 3 nitrogen and oxygen atoms in total. The van der Waals surface area contributed by atoms with Crippen molar-refractivity contribution in [2.24, 2.45) is 0 Å². The second-order valence-electron chi connectivity index (χ2n) is 4.65. The zero-order valence-corrected chi connectivity index (χ0v) is 12.0. The van der Waals surface area contributed by atoms with E-state index in [-0.39, 0.29) is 5.91 Å². The van der Waals surface area contributed by atoms with E-state index in [4.69, 9.17) is 4.84 Å². The van der Waals surface area contributed by atoms with Gasteiger partial charge in [0.05, 0.1) is 0 Å². The Morgan fingerprint density at radius 2 is 2.25 bits per heavy atom. The first-order valence-corrected chi connectivity index (χ1v) is 7.46. The number of thioether (sulfide) groups is 1. The van der Waals surface area contributed by atoms with Crippen molar-refractivity contribution in [3.63, 3.8) is 0 Å². The van der Waals surface area contributed by atoms with Crippen molar-refractivity contribution in [3.8, 4) is 0 Å². The van der Waals surface area contributed by atoms with Crippen LogP contribution in [0, 0.1) is 0 Å². The number of hydroxylamine groups is 1. The smallest absolute Gasteiger partial charge is 0.240 e. The molecular formula is C16H15NO2S. The molecule has 4 heteroatoms. The Hall–Kier alpha value is -1.78. The Bertz CT molecular complexity index is 694. The molecule has 2 aromatic rings. The molecule has 3 rings (SSSR count). The standard InChI is InChI=1S/C16H15NO2S/c1-11(18)17-19-10-13-5-2-4-12-7-8-15-14(16(12)13)6-3-9-20-15/h2-8H,9-10H2,1H3,(H,17,18). The average Bonchev–Trinajstić information content (AvgIpc) is 2.46. The third-order valence-electron chi connectivity index (χ3n) is 3.20. The van der Waals surface area contributed by atoms with Crippen molar-refractivity contribution in [1.29, 1.82) is 0 Å². The highest BCUT2D eigenvalue weighted by atomic mass is 32.2. The highest BCUT2D eigenvalue weighted by molar-refractivity contribution is 7.99. The predicted molar refractivity (Wildman–Crippen MR) is 82.3 cm³/mol. The van der Waals surface area contributed by atoms with Crippen molar-refractivity contribution in [1.82, 2.24) is 5.48 Å². The Labute approximate surface area is 122 Å². The number of fused-ring (bicyclic) bond motifs is 3. The lowest BCUT2D eigenvalue weighted by atomic mass is 9.99. The molecule has 0 fully saturated rings. The minimum atomic E-state index is -0.192. The first-order chi connectivity index (χ1) is 9.75. The van der Waals surface area contributed by atoms with E-state index >= 15 is 0 Å². The minimum Gasteiger partial charge on any atom is -0.273 e. The molecule has 102 valence electrons. The van der Waals surface area contributed by atoms with Crippen LogP contribution in [0.25, 0.3) is 16.8 Å². The number of amides is 1. The van der Waals surface area contributed by atoms with Gasteiger partial charge in [0.15, 0.2) is 0 Å². The van der Waals surface area contributed by atoms with Gasteiger partial charge < -0.3 is 0 Å². The summed E-state index contributed by atoms with van der Waals surface area (Å²) in [5, 5.41) is 2.40. The lowest BCUT2D eigenvalue weighted by molar-refractivity contribution is -0.132. The second-order valence-corrected chi connectivity index (χ2v) is 5.71. The molecule has 0 atom stereocenters. The van der Waals surface area contributed by atoms with E-state index in [0.717, 1.165) is 11.3 Å². The topological polar surface area (TPSA) is 38.3 Å². The molecule has 1 N–H and O–H groups in total. The van der Waals surface area contributed by atoms with Gasteiger partial charge in [-0.3, -0.25) is 9.63 Å². The largest absolute Gasteiger partial charge is 0.273 e. The Morgan fingerprint density at radius 3 is 3.10 bits per heavy atom. The van der Waals surface area contributed by atoms with Crippen molar-refractivity contribution >= 4 is 34.5 Å². The minimum absolute atomic E-state index is 0.192. The number of carbonyl (C=O) groups is 1. The summed E-state index contributed by atoms with van der Waals surface area (Å²) in [5.41, 5.74) is 4.71. The van der Waals surface area contributed by atoms with E-state index in [2.05, 4.69) is 35.8 Å². The fraction of sp³-hybridized carbons (Fsp3) is 0.188. The molecule has 0 saturated carbocycles. The normalized spacial score (nSPS) is 13.2. The molecule has 2 aromatic carbocycles. The summed E-state index contributed by atoms with van der Waals surface area (Å²) < 4.78 is 0. The summed E-state index contributed by atoms with van der Waals surface area (Å²) in [6, 6.07) is 10.5. The molecule has 1 amide bonds. The first kappa shape index (κ1) is 13.2. The average molecular weight is 285 g/mol. The van der Waals surface area contributed by atoms with Crippen molar-refractivity contribution in [2.45, 2.75) is 18.4 Å². The van der Waals surface area contributed by atoms with Crippen molar-refractivity contribution in [2.75, 3.05) is 5.75 Å². The van der Waals surface area contributed by atoms with Crippen LogP contribution in [-0.2, 0) is 16.2 Å². The molecule has 0 aromatic heterocycles. The van der Waals surface area contributed by atoms with Gasteiger partial charge in [-0.15, -0.1) is 11.8 Å². The van der Waals surface area contributed by atoms with E-state index in [9.17, 15) is 4.79 Å². The van der Waals surface area contributed by atoms with Gasteiger partial charge in [-0.25, -0.2) is 5.48 Å². The van der Waals surface area contributed by atoms with Crippen LogP contribution in [0.1, 0.15) is 18.1 Å². The summed E-state index contributed by atoms with van der Waals surface area (Å²) in [4.78, 5) is 17.4. The number of hydrogen-bond acceptors (Lipinski definition) is 3. The zero-order chi connectivity index (χ0) is 13.9. The van der Waals surface area contributed by atoms with E-state index in [1.165, 1.54) is 28.2 Å². The quantitative estimate of drug-likeness (QED) is 0.877. The monoisotopic (exact) mass is 285 g/mol. The van der Waals surface area contributed by atoms with E-state index in [1.54, 1.807) is 0 Å². The van der Waals surface area contributed by atoms with Gasteiger partial charge in [0.25, 0.3) is 0 Å². The molecule has 1 aliphatic heterocycles. The van der Waals surface area contributed by atoms with E-state index in [0.29, 0.717) is 6.61 Å². The maximum atomic E-state index is 10.9. The van der Waals surface area contributed by atoms with Crippen molar-refractivity contribution in [3.05, 3.63) is 47.5 Å². The third-order valence-corrected chi connectivity index (χ3v) is 4.22. The fourth-order valence-corrected chi connectivity index (χ4v) is 3.26. The molecular weight excluding hydrogens is 270 g/mol. The summed E-state index contributed by atoms with van der Waals surface area (Å²) in [6.45, 7) is 1.80. The van der Waals surface area contributed by atoms with Crippen LogP contribution >= 0.6 is 11.8 Å². The molecule has 0 bridgehead atoms. The number of nitrogens with one attached hydrogen (secondary N) is 1. The Balaban J connectivity index is 2.03. The molecule has 1 aliphatic rings. The molecule has 0 saturated heterocycles. The van der Waals surface area contributed by atoms with E-state index in [1.807, 2.05) is 23.9 Å². The fourth-order valence-electron chi connectivity index (χ4n) is 2.40. The maximum Gasteiger partial charge on any atom is 0.240 e. The van der Waals surface area contributed by atoms with E-state index < -0.39 is 0 Å². The van der Waals surface area contributed by atoms with Crippen LogP contribution in [-0.4, -0.2) is 11.7 Å². The lowest BCUT2D eigenvalue weighted by Crippen LogP contribution is -2.19. The zero-order valence-electron chi connectivity index (χ0n) is 11.2. The Kier molecular flexibility index (Phi) is 3.76.